The second kappa shape index (κ2) is 5.37. The smallest absolute Gasteiger partial charge is 0.313 e. The number of carboxylic acids is 1. The van der Waals surface area contributed by atoms with Gasteiger partial charge < -0.3 is 19.7 Å². The van der Waals surface area contributed by atoms with Crippen molar-refractivity contribution in [3.63, 3.8) is 0 Å². The Bertz CT molecular complexity index is 375. The lowest BCUT2D eigenvalue weighted by atomic mass is 9.99. The lowest BCUT2D eigenvalue weighted by Crippen LogP contribution is -2.16. The van der Waals surface area contributed by atoms with E-state index >= 15 is 0 Å². The second-order valence-electron chi connectivity index (χ2n) is 3.18. The minimum absolute atomic E-state index is 0.400. The molecule has 0 aliphatic rings. The molecule has 1 atom stereocenters. The first-order valence-corrected chi connectivity index (χ1v) is 4.69. The monoisotopic (exact) mass is 226 g/mol. The van der Waals surface area contributed by atoms with Crippen molar-refractivity contribution < 1.29 is 24.5 Å². The van der Waals surface area contributed by atoms with Gasteiger partial charge in [0.2, 0.25) is 0 Å². The van der Waals surface area contributed by atoms with Gasteiger partial charge in [0, 0.05) is 5.56 Å². The van der Waals surface area contributed by atoms with E-state index in [1.165, 1.54) is 14.2 Å². The Kier molecular flexibility index (Phi) is 4.13. The molecule has 88 valence electrons. The Morgan fingerprint density at radius 1 is 1.38 bits per heavy atom. The van der Waals surface area contributed by atoms with Crippen LogP contribution in [0.5, 0.6) is 11.5 Å². The molecule has 0 bridgehead atoms. The van der Waals surface area contributed by atoms with Crippen molar-refractivity contribution in [2.75, 3.05) is 20.8 Å². The summed E-state index contributed by atoms with van der Waals surface area (Å²) in [6.07, 6.45) is 0. The molecule has 1 aromatic carbocycles. The molecule has 0 amide bonds. The Hall–Kier alpha value is -1.75. The average molecular weight is 226 g/mol. The summed E-state index contributed by atoms with van der Waals surface area (Å²) in [6.45, 7) is -0.487. The maximum absolute atomic E-state index is 10.9. The van der Waals surface area contributed by atoms with E-state index in [0.29, 0.717) is 17.1 Å². The van der Waals surface area contributed by atoms with Crippen molar-refractivity contribution in [3.8, 4) is 11.5 Å². The third kappa shape index (κ3) is 2.43. The minimum Gasteiger partial charge on any atom is -0.497 e. The van der Waals surface area contributed by atoms with Gasteiger partial charge in [0.05, 0.1) is 20.8 Å². The number of aliphatic hydroxyl groups excluding tert-OH is 1. The first-order chi connectivity index (χ1) is 7.63. The van der Waals surface area contributed by atoms with Gasteiger partial charge in [-0.05, 0) is 18.2 Å². The van der Waals surface area contributed by atoms with Gasteiger partial charge in [0.1, 0.15) is 17.4 Å². The highest BCUT2D eigenvalue weighted by molar-refractivity contribution is 5.77. The lowest BCUT2D eigenvalue weighted by molar-refractivity contribution is -0.139. The molecular weight excluding hydrogens is 212 g/mol. The number of rotatable bonds is 5. The molecule has 5 heteroatoms. The summed E-state index contributed by atoms with van der Waals surface area (Å²) in [5, 5.41) is 18.0. The first-order valence-electron chi connectivity index (χ1n) is 4.69. The Labute approximate surface area is 93.2 Å². The van der Waals surface area contributed by atoms with Gasteiger partial charge in [-0.15, -0.1) is 0 Å². The number of aliphatic hydroxyl groups is 1. The number of carboxylic acid groups (broad SMARTS) is 1. The predicted molar refractivity (Wildman–Crippen MR) is 57.0 cm³/mol. The van der Waals surface area contributed by atoms with E-state index in [1.54, 1.807) is 18.2 Å². The predicted octanol–water partition coefficient (Wildman–Crippen LogP) is 0.864. The second-order valence-corrected chi connectivity index (χ2v) is 3.18. The van der Waals surface area contributed by atoms with Crippen LogP contribution in [0.3, 0.4) is 0 Å². The third-order valence-electron chi connectivity index (χ3n) is 2.29. The zero-order chi connectivity index (χ0) is 12.1. The number of methoxy groups -OCH3 is 2. The van der Waals surface area contributed by atoms with E-state index in [4.69, 9.17) is 19.7 Å². The lowest BCUT2D eigenvalue weighted by Gasteiger charge is -2.14. The van der Waals surface area contributed by atoms with Crippen molar-refractivity contribution in [3.05, 3.63) is 23.8 Å². The Morgan fingerprint density at radius 2 is 2.06 bits per heavy atom. The van der Waals surface area contributed by atoms with E-state index < -0.39 is 18.5 Å². The maximum Gasteiger partial charge on any atom is 0.313 e. The number of hydrogen-bond donors (Lipinski definition) is 2. The zero-order valence-corrected chi connectivity index (χ0v) is 9.14. The van der Waals surface area contributed by atoms with Crippen LogP contribution in [0, 0.1) is 0 Å². The van der Waals surface area contributed by atoms with Crippen LogP contribution >= 0.6 is 0 Å². The van der Waals surface area contributed by atoms with Gasteiger partial charge in [0.25, 0.3) is 0 Å². The molecule has 0 radical (unpaired) electrons. The highest BCUT2D eigenvalue weighted by atomic mass is 16.5. The molecule has 2 N–H and O–H groups in total. The molecule has 0 aliphatic heterocycles. The van der Waals surface area contributed by atoms with Crippen molar-refractivity contribution in [1.82, 2.24) is 0 Å². The van der Waals surface area contributed by atoms with Crippen LogP contribution in [0.2, 0.25) is 0 Å². The highest BCUT2D eigenvalue weighted by Gasteiger charge is 2.23. The number of aliphatic carboxylic acids is 1. The fraction of sp³-hybridized carbons (Fsp3) is 0.364. The Balaban J connectivity index is 3.21. The number of carbonyl (C=O) groups is 1. The van der Waals surface area contributed by atoms with E-state index in [2.05, 4.69) is 0 Å². The molecule has 0 fully saturated rings. The van der Waals surface area contributed by atoms with Crippen LogP contribution < -0.4 is 9.47 Å². The highest BCUT2D eigenvalue weighted by Crippen LogP contribution is 2.30. The summed E-state index contributed by atoms with van der Waals surface area (Å²) >= 11 is 0. The topological polar surface area (TPSA) is 76.0 Å². The molecule has 16 heavy (non-hydrogen) atoms. The van der Waals surface area contributed by atoms with Crippen molar-refractivity contribution >= 4 is 5.97 Å². The van der Waals surface area contributed by atoms with Crippen LogP contribution in [0.4, 0.5) is 0 Å². The third-order valence-corrected chi connectivity index (χ3v) is 2.29. The van der Waals surface area contributed by atoms with Gasteiger partial charge in [-0.25, -0.2) is 0 Å². The molecular formula is C11H14O5. The molecule has 1 rings (SSSR count). The summed E-state index contributed by atoms with van der Waals surface area (Å²) in [7, 11) is 2.93. The number of hydrogen-bond acceptors (Lipinski definition) is 4. The molecule has 1 aromatic rings. The van der Waals surface area contributed by atoms with Crippen LogP contribution in [0.1, 0.15) is 11.5 Å². The minimum atomic E-state index is -1.10. The summed E-state index contributed by atoms with van der Waals surface area (Å²) in [4.78, 5) is 10.9. The maximum atomic E-state index is 10.9. The van der Waals surface area contributed by atoms with Gasteiger partial charge >= 0.3 is 5.97 Å². The summed E-state index contributed by atoms with van der Waals surface area (Å²) in [5.41, 5.74) is 0.400. The van der Waals surface area contributed by atoms with Crippen LogP contribution in [-0.2, 0) is 4.79 Å². The number of benzene rings is 1. The van der Waals surface area contributed by atoms with Crippen molar-refractivity contribution in [1.29, 1.82) is 0 Å². The molecule has 0 aliphatic carbocycles. The zero-order valence-electron chi connectivity index (χ0n) is 9.14. The molecule has 0 saturated heterocycles. The summed E-state index contributed by atoms with van der Waals surface area (Å²) < 4.78 is 10.0. The van der Waals surface area contributed by atoms with E-state index in [0.717, 1.165) is 0 Å². The molecule has 0 spiro atoms. The van der Waals surface area contributed by atoms with Gasteiger partial charge in [0.15, 0.2) is 0 Å². The number of ether oxygens (including phenoxy) is 2. The fourth-order valence-electron chi connectivity index (χ4n) is 1.42. The van der Waals surface area contributed by atoms with E-state index in [9.17, 15) is 4.79 Å². The molecule has 0 saturated carbocycles. The quantitative estimate of drug-likeness (QED) is 0.778. The molecule has 0 heterocycles. The summed E-state index contributed by atoms with van der Waals surface area (Å²) in [6, 6.07) is 4.83. The fourth-order valence-corrected chi connectivity index (χ4v) is 1.42. The summed E-state index contributed by atoms with van der Waals surface area (Å²) in [5.74, 6) is -1.17. The van der Waals surface area contributed by atoms with Gasteiger partial charge in [-0.1, -0.05) is 0 Å². The van der Waals surface area contributed by atoms with Crippen LogP contribution in [0.15, 0.2) is 18.2 Å². The SMILES string of the molecule is COc1ccc(OC)c([C@H](CO)C(=O)O)c1. The normalized spacial score (nSPS) is 11.9. The largest absolute Gasteiger partial charge is 0.497 e. The average Bonchev–Trinajstić information content (AvgIpc) is 2.29. The van der Waals surface area contributed by atoms with Crippen molar-refractivity contribution in [2.45, 2.75) is 5.92 Å². The molecule has 0 aromatic heterocycles. The first kappa shape index (κ1) is 12.3. The van der Waals surface area contributed by atoms with Crippen molar-refractivity contribution in [2.24, 2.45) is 0 Å². The van der Waals surface area contributed by atoms with Crippen LogP contribution in [0.25, 0.3) is 0 Å². The Morgan fingerprint density at radius 3 is 2.50 bits per heavy atom. The molecule has 0 unspecified atom stereocenters. The van der Waals surface area contributed by atoms with Gasteiger partial charge in [-0.3, -0.25) is 4.79 Å². The molecule has 5 nitrogen and oxygen atoms in total. The van der Waals surface area contributed by atoms with Crippen LogP contribution in [-0.4, -0.2) is 37.0 Å². The van der Waals surface area contributed by atoms with Gasteiger partial charge in [-0.2, -0.15) is 0 Å². The standard InChI is InChI=1S/C11H14O5/c1-15-7-3-4-10(16-2)8(5-7)9(6-12)11(13)14/h3-5,9,12H,6H2,1-2H3,(H,13,14)/t9-/m0/s1. The van der Waals surface area contributed by atoms with E-state index in [-0.39, 0.29) is 0 Å². The van der Waals surface area contributed by atoms with E-state index in [1.807, 2.05) is 0 Å².